The summed E-state index contributed by atoms with van der Waals surface area (Å²) < 4.78 is 28.4. The van der Waals surface area contributed by atoms with E-state index in [9.17, 15) is 8.78 Å². The Hall–Kier alpha value is -0.960. The van der Waals surface area contributed by atoms with E-state index in [2.05, 4.69) is 19.2 Å². The van der Waals surface area contributed by atoms with Gasteiger partial charge >= 0.3 is 0 Å². The summed E-state index contributed by atoms with van der Waals surface area (Å²) >= 11 is 0. The van der Waals surface area contributed by atoms with Gasteiger partial charge in [-0.15, -0.1) is 0 Å². The summed E-state index contributed by atoms with van der Waals surface area (Å²) in [5, 5.41) is 3.14. The predicted octanol–water partition coefficient (Wildman–Crippen LogP) is 4.75. The molecule has 1 atom stereocenters. The van der Waals surface area contributed by atoms with Gasteiger partial charge in [-0.25, -0.2) is 8.78 Å². The second kappa shape index (κ2) is 5.80. The van der Waals surface area contributed by atoms with Gasteiger partial charge in [0.2, 0.25) is 0 Å². The van der Waals surface area contributed by atoms with Crippen molar-refractivity contribution < 1.29 is 8.78 Å². The molecule has 0 bridgehead atoms. The van der Waals surface area contributed by atoms with Crippen molar-refractivity contribution in [3.63, 3.8) is 0 Å². The van der Waals surface area contributed by atoms with Crippen LogP contribution in [0, 0.1) is 29.9 Å². The molecule has 0 heterocycles. The normalized spacial score (nSPS) is 20.9. The molecule has 0 saturated heterocycles. The maximum atomic E-state index is 14.3. The van der Waals surface area contributed by atoms with Crippen LogP contribution in [0.3, 0.4) is 0 Å². The first kappa shape index (κ1) is 15.4. The van der Waals surface area contributed by atoms with Crippen molar-refractivity contribution in [1.82, 2.24) is 5.32 Å². The first-order valence-corrected chi connectivity index (χ1v) is 7.47. The number of aryl methyl sites for hydroxylation is 1. The van der Waals surface area contributed by atoms with Crippen LogP contribution in [0.15, 0.2) is 12.1 Å². The van der Waals surface area contributed by atoms with Crippen molar-refractivity contribution in [2.24, 2.45) is 11.3 Å². The van der Waals surface area contributed by atoms with Crippen LogP contribution in [0.2, 0.25) is 0 Å². The van der Waals surface area contributed by atoms with Gasteiger partial charge in [0, 0.05) is 11.6 Å². The van der Waals surface area contributed by atoms with Crippen LogP contribution in [0.25, 0.3) is 0 Å². The van der Waals surface area contributed by atoms with Gasteiger partial charge in [-0.2, -0.15) is 0 Å². The molecule has 1 N–H and O–H groups in total. The van der Waals surface area contributed by atoms with E-state index in [1.165, 1.54) is 12.1 Å². The first-order valence-electron chi connectivity index (χ1n) is 7.47. The molecule has 1 aromatic rings. The Morgan fingerprint density at radius 1 is 1.20 bits per heavy atom. The van der Waals surface area contributed by atoms with E-state index in [4.69, 9.17) is 0 Å². The van der Waals surface area contributed by atoms with Gasteiger partial charge in [0.05, 0.1) is 0 Å². The summed E-state index contributed by atoms with van der Waals surface area (Å²) in [7, 11) is 1.80. The van der Waals surface area contributed by atoms with Gasteiger partial charge in [-0.05, 0) is 62.6 Å². The lowest BCUT2D eigenvalue weighted by Crippen LogP contribution is -2.32. The zero-order valence-corrected chi connectivity index (χ0v) is 12.9. The molecule has 1 aliphatic rings. The molecule has 0 spiro atoms. The lowest BCUT2D eigenvalue weighted by Gasteiger charge is -2.38. The highest BCUT2D eigenvalue weighted by Crippen LogP contribution is 2.43. The summed E-state index contributed by atoms with van der Waals surface area (Å²) in [5.74, 6) is -0.523. The Bertz CT molecular complexity index is 472. The molecule has 2 rings (SSSR count). The molecule has 0 aromatic heterocycles. The Morgan fingerprint density at radius 2 is 1.80 bits per heavy atom. The molecule has 112 valence electrons. The summed E-state index contributed by atoms with van der Waals surface area (Å²) in [6, 6.07) is 2.65. The standard InChI is InChI=1S/C17H25F2N/c1-11-5-6-13(18)14(15(11)19)16(20-4)12-7-9-17(2,3)10-8-12/h5-6,12,16,20H,7-10H2,1-4H3. The molecule has 1 aliphatic carbocycles. The molecule has 0 amide bonds. The molecule has 1 aromatic carbocycles. The second-order valence-corrected chi connectivity index (χ2v) is 6.86. The van der Waals surface area contributed by atoms with Crippen molar-refractivity contribution in [2.45, 2.75) is 52.5 Å². The maximum Gasteiger partial charge on any atom is 0.133 e. The van der Waals surface area contributed by atoms with Gasteiger partial charge in [0.15, 0.2) is 0 Å². The zero-order valence-electron chi connectivity index (χ0n) is 12.9. The van der Waals surface area contributed by atoms with E-state index in [0.29, 0.717) is 16.9 Å². The molecular formula is C17H25F2N. The van der Waals surface area contributed by atoms with Gasteiger partial charge in [0.1, 0.15) is 11.6 Å². The Morgan fingerprint density at radius 3 is 2.35 bits per heavy atom. The fraction of sp³-hybridized carbons (Fsp3) is 0.647. The number of halogens is 2. The second-order valence-electron chi connectivity index (χ2n) is 6.86. The third-order valence-corrected chi connectivity index (χ3v) is 4.80. The van der Waals surface area contributed by atoms with E-state index < -0.39 is 11.6 Å². The van der Waals surface area contributed by atoms with Crippen LogP contribution in [-0.4, -0.2) is 7.05 Å². The summed E-state index contributed by atoms with van der Waals surface area (Å²) in [4.78, 5) is 0. The highest BCUT2D eigenvalue weighted by atomic mass is 19.1. The van der Waals surface area contributed by atoms with Crippen molar-refractivity contribution in [3.05, 3.63) is 34.9 Å². The lowest BCUT2D eigenvalue weighted by atomic mass is 9.70. The van der Waals surface area contributed by atoms with Gasteiger partial charge in [0.25, 0.3) is 0 Å². The first-order chi connectivity index (χ1) is 9.35. The predicted molar refractivity (Wildman–Crippen MR) is 78.6 cm³/mol. The summed E-state index contributed by atoms with van der Waals surface area (Å²) in [6.45, 7) is 6.23. The Kier molecular flexibility index (Phi) is 4.48. The van der Waals surface area contributed by atoms with E-state index in [1.807, 2.05) is 0 Å². The quantitative estimate of drug-likeness (QED) is 0.843. The van der Waals surface area contributed by atoms with Gasteiger partial charge in [-0.3, -0.25) is 0 Å². The van der Waals surface area contributed by atoms with Gasteiger partial charge < -0.3 is 5.32 Å². The largest absolute Gasteiger partial charge is 0.313 e. The van der Waals surface area contributed by atoms with Crippen LogP contribution >= 0.6 is 0 Å². The molecule has 1 fully saturated rings. The molecule has 20 heavy (non-hydrogen) atoms. The minimum absolute atomic E-state index is 0.220. The van der Waals surface area contributed by atoms with E-state index in [0.717, 1.165) is 25.7 Å². The molecule has 0 aliphatic heterocycles. The van der Waals surface area contributed by atoms with Crippen molar-refractivity contribution in [2.75, 3.05) is 7.05 Å². The van der Waals surface area contributed by atoms with Crippen molar-refractivity contribution in [1.29, 1.82) is 0 Å². The lowest BCUT2D eigenvalue weighted by molar-refractivity contribution is 0.161. The number of benzene rings is 1. The highest BCUT2D eigenvalue weighted by molar-refractivity contribution is 5.29. The van der Waals surface area contributed by atoms with Crippen molar-refractivity contribution in [3.8, 4) is 0 Å². The SMILES string of the molecule is CNC(c1c(F)ccc(C)c1F)C1CCC(C)(C)CC1. The van der Waals surface area contributed by atoms with Crippen molar-refractivity contribution >= 4 is 0 Å². The van der Waals surface area contributed by atoms with Crippen LogP contribution in [-0.2, 0) is 0 Å². The van der Waals surface area contributed by atoms with E-state index in [-0.39, 0.29) is 11.6 Å². The van der Waals surface area contributed by atoms with Crippen LogP contribution in [0.5, 0.6) is 0 Å². The molecular weight excluding hydrogens is 256 g/mol. The van der Waals surface area contributed by atoms with E-state index in [1.54, 1.807) is 14.0 Å². The van der Waals surface area contributed by atoms with E-state index >= 15 is 0 Å². The van der Waals surface area contributed by atoms with Crippen LogP contribution < -0.4 is 5.32 Å². The highest BCUT2D eigenvalue weighted by Gasteiger charge is 2.33. The topological polar surface area (TPSA) is 12.0 Å². The zero-order chi connectivity index (χ0) is 14.9. The fourth-order valence-corrected chi connectivity index (χ4v) is 3.33. The molecule has 1 nitrogen and oxygen atoms in total. The minimum atomic E-state index is -0.433. The summed E-state index contributed by atoms with van der Waals surface area (Å²) in [6.07, 6.45) is 4.27. The smallest absolute Gasteiger partial charge is 0.133 e. The average Bonchev–Trinajstić information content (AvgIpc) is 2.40. The monoisotopic (exact) mass is 281 g/mol. The van der Waals surface area contributed by atoms with Gasteiger partial charge in [-0.1, -0.05) is 19.9 Å². The summed E-state index contributed by atoms with van der Waals surface area (Å²) in [5.41, 5.74) is 1.09. The Balaban J connectivity index is 2.28. The maximum absolute atomic E-state index is 14.3. The Labute approximate surface area is 120 Å². The third-order valence-electron chi connectivity index (χ3n) is 4.80. The minimum Gasteiger partial charge on any atom is -0.313 e. The van der Waals surface area contributed by atoms with Crippen LogP contribution in [0.1, 0.15) is 56.7 Å². The van der Waals surface area contributed by atoms with Crippen LogP contribution in [0.4, 0.5) is 8.78 Å². The number of nitrogens with one attached hydrogen (secondary N) is 1. The number of hydrogen-bond acceptors (Lipinski definition) is 1. The number of rotatable bonds is 3. The molecule has 3 heteroatoms. The average molecular weight is 281 g/mol. The third kappa shape index (κ3) is 3.03. The molecule has 1 saturated carbocycles. The molecule has 0 radical (unpaired) electrons. The fourth-order valence-electron chi connectivity index (χ4n) is 3.33. The molecule has 1 unspecified atom stereocenters. The number of hydrogen-bond donors (Lipinski definition) is 1.